The minimum absolute atomic E-state index is 0.0265. The third-order valence-corrected chi connectivity index (χ3v) is 11.0. The fourth-order valence-electron chi connectivity index (χ4n) is 5.68. The van der Waals surface area contributed by atoms with Gasteiger partial charge in [0.2, 0.25) is 0 Å². The monoisotopic (exact) mass is 942 g/mol. The molecule has 0 aliphatic rings. The normalized spacial score (nSPS) is 12.3. The molecule has 0 bridgehead atoms. The van der Waals surface area contributed by atoms with Gasteiger partial charge in [-0.1, -0.05) is 5.04 Å². The Bertz CT molecular complexity index is 3070. The van der Waals surface area contributed by atoms with Gasteiger partial charge in [-0.15, -0.1) is 29.9 Å². The highest BCUT2D eigenvalue weighted by Crippen LogP contribution is 2.46. The second-order valence-corrected chi connectivity index (χ2v) is 16.3. The summed E-state index contributed by atoms with van der Waals surface area (Å²) < 4.78 is 88.1. The lowest BCUT2D eigenvalue weighted by Crippen LogP contribution is -2.13. The molecule has 336 valence electrons. The number of phenols is 1. The number of aliphatic hydroxyl groups excluding tert-OH is 2. The number of fused-ring (bicyclic) bond motifs is 1. The minimum atomic E-state index is -4.78. The molecule has 1 heterocycles. The Morgan fingerprint density at radius 1 is 0.734 bits per heavy atom. The molecule has 24 nitrogen and oxygen atoms in total. The van der Waals surface area contributed by atoms with E-state index in [1.54, 1.807) is 6.92 Å². The van der Waals surface area contributed by atoms with Crippen LogP contribution in [0.4, 0.5) is 34.1 Å². The van der Waals surface area contributed by atoms with Gasteiger partial charge >= 0.3 is 0 Å². The maximum absolute atomic E-state index is 13.5. The number of hydrogen-bond acceptors (Lipinski definition) is 21. The highest BCUT2D eigenvalue weighted by atomic mass is 32.2. The number of nitrogens with one attached hydrogen (secondary N) is 1. The Hall–Kier alpha value is -6.66. The van der Waals surface area contributed by atoms with Gasteiger partial charge in [-0.05, 0) is 73.0 Å². The molecule has 0 saturated carbocycles. The summed E-state index contributed by atoms with van der Waals surface area (Å²) in [6.45, 7) is 0.184. The van der Waals surface area contributed by atoms with Gasteiger partial charge in [0.25, 0.3) is 25.8 Å². The van der Waals surface area contributed by atoms with Crippen LogP contribution in [0.25, 0.3) is 16.5 Å². The average Bonchev–Trinajstić information content (AvgIpc) is 3.56. The summed E-state index contributed by atoms with van der Waals surface area (Å²) in [6, 6.07) is 17.0. The molecule has 0 unspecified atom stereocenters. The van der Waals surface area contributed by atoms with Crippen molar-refractivity contribution in [2.24, 2.45) is 30.7 Å². The number of aliphatic hydroxyl groups is 2. The number of methoxy groups -OCH3 is 1. The summed E-state index contributed by atoms with van der Waals surface area (Å²) in [5.41, 5.74) is -0.535. The third-order valence-electron chi connectivity index (χ3n) is 8.59. The lowest BCUT2D eigenvalue weighted by Gasteiger charge is -2.13. The lowest BCUT2D eigenvalue weighted by atomic mass is 10.1. The van der Waals surface area contributed by atoms with Crippen LogP contribution in [0, 0.1) is 6.92 Å². The van der Waals surface area contributed by atoms with Crippen LogP contribution in [-0.2, 0) is 29.6 Å². The molecule has 7 N–H and O–H groups in total. The highest BCUT2D eigenvalue weighted by Gasteiger charge is 2.21. The van der Waals surface area contributed by atoms with E-state index in [0.29, 0.717) is 23.1 Å². The van der Waals surface area contributed by atoms with E-state index in [0.717, 1.165) is 22.9 Å². The Balaban J connectivity index is 1.38. The Morgan fingerprint density at radius 3 is 1.95 bits per heavy atom. The van der Waals surface area contributed by atoms with Gasteiger partial charge in [-0.25, -0.2) is 9.94 Å². The summed E-state index contributed by atoms with van der Waals surface area (Å²) in [5.74, 6) is -0.473. The van der Waals surface area contributed by atoms with Gasteiger partial charge in [-0.3, -0.25) is 19.0 Å². The number of nitrogens with zero attached hydrogens (tertiary/aromatic N) is 7. The van der Waals surface area contributed by atoms with Crippen molar-refractivity contribution < 1.29 is 70.1 Å². The summed E-state index contributed by atoms with van der Waals surface area (Å²) in [4.78, 5) is 12.5. The largest absolute Gasteiger partial charge is 0.505 e. The van der Waals surface area contributed by atoms with Gasteiger partial charge < -0.3 is 29.5 Å². The lowest BCUT2D eigenvalue weighted by molar-refractivity contribution is -0.432. The molecule has 0 fully saturated rings. The van der Waals surface area contributed by atoms with Gasteiger partial charge in [0.05, 0.1) is 59.2 Å². The molecule has 0 radical (unpaired) electrons. The van der Waals surface area contributed by atoms with Crippen LogP contribution in [0.1, 0.15) is 5.69 Å². The van der Waals surface area contributed by atoms with Crippen LogP contribution in [0.3, 0.4) is 0 Å². The molecule has 6 rings (SSSR count). The van der Waals surface area contributed by atoms with Crippen LogP contribution < -0.4 is 19.8 Å². The fourth-order valence-corrected chi connectivity index (χ4v) is 7.29. The van der Waals surface area contributed by atoms with Gasteiger partial charge in [-0.2, -0.15) is 21.9 Å². The zero-order valence-electron chi connectivity index (χ0n) is 33.0. The molecule has 0 aliphatic carbocycles. The molecule has 0 atom stereocenters. The van der Waals surface area contributed by atoms with Crippen LogP contribution in [0.2, 0.25) is 0 Å². The maximum Gasteiger partial charge on any atom is 0.299 e. The van der Waals surface area contributed by atoms with Crippen LogP contribution in [-0.4, -0.2) is 89.8 Å². The molecule has 5 aromatic carbocycles. The standard InChI is InChI=1S/C37H34N8O16S3/c1-20-34(42-38-22-3-7-25(8-4-22)63(51,52)53)37(49)45(44-20)23-5-9-26-21(15-23)16-32(62-61-60-50)35(36(26)48)43-41-29-19-30(58-13-11-46)28(18-31(29)59-14-12-47)40-39-27-10-6-24(57-2)17-33(27)64(54,55)56/h3-10,15-19,44,46-48,50H,11-14H2,1-2H3,(H,51,52,53)(H,54,55,56). The topological polar surface area (TPSA) is 348 Å². The summed E-state index contributed by atoms with van der Waals surface area (Å²) in [6.07, 6.45) is 0. The fraction of sp³-hybridized carbons (Fsp3) is 0.162. The molecular weight excluding hydrogens is 909 g/mol. The molecular formula is C37H34N8O16S3. The van der Waals surface area contributed by atoms with E-state index in [-0.39, 0.29) is 85.5 Å². The summed E-state index contributed by atoms with van der Waals surface area (Å²) in [5, 5.41) is 71.3. The van der Waals surface area contributed by atoms with Gasteiger partial charge in [0.1, 0.15) is 58.1 Å². The first-order valence-corrected chi connectivity index (χ1v) is 21.6. The number of hydrogen-bond donors (Lipinski definition) is 7. The van der Waals surface area contributed by atoms with Gasteiger partial charge in [0, 0.05) is 23.6 Å². The Morgan fingerprint density at radius 2 is 1.36 bits per heavy atom. The number of ether oxygens (including phenoxy) is 3. The van der Waals surface area contributed by atoms with E-state index in [2.05, 4.69) is 45.2 Å². The Labute approximate surface area is 365 Å². The van der Waals surface area contributed by atoms with E-state index in [4.69, 9.17) is 19.5 Å². The number of aromatic nitrogens is 2. The molecule has 0 amide bonds. The smallest absolute Gasteiger partial charge is 0.299 e. The van der Waals surface area contributed by atoms with Crippen molar-refractivity contribution in [2.75, 3.05) is 33.5 Å². The predicted octanol–water partition coefficient (Wildman–Crippen LogP) is 7.25. The summed E-state index contributed by atoms with van der Waals surface area (Å²) >= 11 is 0.424. The molecule has 6 aromatic rings. The zero-order chi connectivity index (χ0) is 46.2. The van der Waals surface area contributed by atoms with E-state index < -0.39 is 49.7 Å². The van der Waals surface area contributed by atoms with Crippen molar-refractivity contribution in [2.45, 2.75) is 21.6 Å². The maximum atomic E-state index is 13.5. The Kier molecular flexibility index (Phi) is 14.8. The molecule has 0 spiro atoms. The number of benzene rings is 5. The first-order chi connectivity index (χ1) is 30.6. The number of azo groups is 3. The number of rotatable bonds is 19. The molecule has 1 aromatic heterocycles. The van der Waals surface area contributed by atoms with Gasteiger partial charge in [0.15, 0.2) is 11.4 Å². The van der Waals surface area contributed by atoms with E-state index in [1.165, 1.54) is 67.8 Å². The number of aryl methyl sites for hydroxylation is 1. The van der Waals surface area contributed by atoms with Crippen molar-refractivity contribution in [3.05, 3.63) is 94.9 Å². The minimum Gasteiger partial charge on any atom is -0.505 e. The van der Waals surface area contributed by atoms with Crippen molar-refractivity contribution >= 4 is 77.2 Å². The van der Waals surface area contributed by atoms with Crippen LogP contribution in [0.5, 0.6) is 23.0 Å². The van der Waals surface area contributed by atoms with Crippen molar-refractivity contribution in [3.8, 4) is 28.7 Å². The van der Waals surface area contributed by atoms with Crippen molar-refractivity contribution in [1.29, 1.82) is 0 Å². The quantitative estimate of drug-likeness (QED) is 0.0138. The second kappa shape index (κ2) is 20.2. The second-order valence-electron chi connectivity index (χ2n) is 12.7. The van der Waals surface area contributed by atoms with Crippen molar-refractivity contribution in [3.63, 3.8) is 0 Å². The van der Waals surface area contributed by atoms with Crippen LogP contribution in [0.15, 0.2) is 129 Å². The van der Waals surface area contributed by atoms with Crippen molar-refractivity contribution in [1.82, 2.24) is 9.78 Å². The predicted molar refractivity (Wildman–Crippen MR) is 224 cm³/mol. The first kappa shape index (κ1) is 46.8. The summed E-state index contributed by atoms with van der Waals surface area (Å²) in [7, 11) is -7.91. The zero-order valence-corrected chi connectivity index (χ0v) is 35.4. The first-order valence-electron chi connectivity index (χ1n) is 18.0. The third kappa shape index (κ3) is 10.9. The van der Waals surface area contributed by atoms with Crippen LogP contribution >= 0.6 is 12.0 Å². The highest BCUT2D eigenvalue weighted by molar-refractivity contribution is 7.94. The van der Waals surface area contributed by atoms with E-state index in [1.807, 2.05) is 0 Å². The number of aromatic hydroxyl groups is 1. The number of aromatic amines is 1. The number of H-pyrrole nitrogens is 1. The SMILES string of the molecule is COc1ccc(N=Nc2cc(OCCO)c(N=Nc3c(SOOO)cc4cc(-n5[nH]c(C)c(N=Nc6ccc(S(=O)(=O)O)cc6)c5=O)ccc4c3O)cc2OCCO)c(S(=O)(=O)O)c1. The molecule has 0 saturated heterocycles. The van der Waals surface area contributed by atoms with E-state index in [9.17, 15) is 46.1 Å². The molecule has 27 heteroatoms. The average molecular weight is 943 g/mol. The molecule has 64 heavy (non-hydrogen) atoms. The van der Waals surface area contributed by atoms with E-state index >= 15 is 0 Å². The molecule has 0 aliphatic heterocycles. The number of phenolic OH excluding ortho intramolecular Hbond substituents is 1.